The summed E-state index contributed by atoms with van der Waals surface area (Å²) in [5, 5.41) is 0. The van der Waals surface area contributed by atoms with Crippen LogP contribution in [-0.4, -0.2) is 32.0 Å². The van der Waals surface area contributed by atoms with Crippen molar-refractivity contribution in [2.45, 2.75) is 44.3 Å². The molecule has 0 aromatic heterocycles. The summed E-state index contributed by atoms with van der Waals surface area (Å²) >= 11 is 0. The number of fused-ring (bicyclic) bond motifs is 3. The van der Waals surface area contributed by atoms with E-state index in [9.17, 15) is 8.42 Å². The zero-order valence-electron chi connectivity index (χ0n) is 15.6. The van der Waals surface area contributed by atoms with Crippen LogP contribution in [0.25, 0.3) is 0 Å². The molecule has 0 spiro atoms. The van der Waals surface area contributed by atoms with E-state index in [1.54, 1.807) is 16.4 Å². The van der Waals surface area contributed by atoms with Crippen molar-refractivity contribution >= 4 is 10.0 Å². The molecule has 4 rings (SSSR count). The van der Waals surface area contributed by atoms with E-state index in [0.717, 1.165) is 18.5 Å². The van der Waals surface area contributed by atoms with Gasteiger partial charge in [0.25, 0.3) is 0 Å². The first kappa shape index (κ1) is 17.7. The van der Waals surface area contributed by atoms with E-state index < -0.39 is 10.0 Å². The van der Waals surface area contributed by atoms with Crippen LogP contribution in [0.5, 0.6) is 0 Å². The molecule has 1 unspecified atom stereocenters. The highest BCUT2D eigenvalue weighted by molar-refractivity contribution is 7.89. The Bertz CT molecular complexity index is 906. The van der Waals surface area contributed by atoms with Crippen LogP contribution in [0.3, 0.4) is 0 Å². The molecule has 0 bridgehead atoms. The summed E-state index contributed by atoms with van der Waals surface area (Å²) < 4.78 is 28.6. The fraction of sp³-hybridized carbons (Fsp3) is 0.429. The maximum absolute atomic E-state index is 13.4. The summed E-state index contributed by atoms with van der Waals surface area (Å²) in [6.07, 6.45) is 1.00. The van der Waals surface area contributed by atoms with Crippen LogP contribution in [0.15, 0.2) is 53.4 Å². The van der Waals surface area contributed by atoms with Gasteiger partial charge < -0.3 is 4.90 Å². The molecule has 0 saturated carbocycles. The van der Waals surface area contributed by atoms with Crippen LogP contribution in [0, 0.1) is 12.8 Å². The van der Waals surface area contributed by atoms with Crippen molar-refractivity contribution < 1.29 is 13.3 Å². The lowest BCUT2D eigenvalue weighted by molar-refractivity contribution is -0.950. The van der Waals surface area contributed by atoms with Crippen LogP contribution in [-0.2, 0) is 16.4 Å². The quantitative estimate of drug-likeness (QED) is 0.898. The van der Waals surface area contributed by atoms with Gasteiger partial charge in [0, 0.05) is 17.9 Å². The van der Waals surface area contributed by atoms with Gasteiger partial charge in [0.2, 0.25) is 10.0 Å². The fourth-order valence-electron chi connectivity index (χ4n) is 4.66. The maximum Gasteiger partial charge on any atom is 0.248 e. The Balaban J connectivity index is 1.76. The summed E-state index contributed by atoms with van der Waals surface area (Å²) in [6, 6.07) is 16.0. The van der Waals surface area contributed by atoms with Crippen LogP contribution in [0.4, 0.5) is 0 Å². The molecule has 3 atom stereocenters. The van der Waals surface area contributed by atoms with Crippen molar-refractivity contribution in [2.75, 3.05) is 13.1 Å². The van der Waals surface area contributed by atoms with E-state index in [-0.39, 0.29) is 18.1 Å². The maximum atomic E-state index is 13.4. The molecule has 138 valence electrons. The molecule has 2 aliphatic rings. The third kappa shape index (κ3) is 2.79. The second-order valence-electron chi connectivity index (χ2n) is 7.90. The topological polar surface area (TPSA) is 41.8 Å². The van der Waals surface area contributed by atoms with E-state index in [2.05, 4.69) is 38.1 Å². The highest BCUT2D eigenvalue weighted by Gasteiger charge is 2.52. The second kappa shape index (κ2) is 6.48. The first-order valence-corrected chi connectivity index (χ1v) is 10.9. The van der Waals surface area contributed by atoms with Crippen molar-refractivity contribution in [3.8, 4) is 0 Å². The number of hydrogen-bond donors (Lipinski definition) is 1. The first-order chi connectivity index (χ1) is 12.4. The zero-order valence-corrected chi connectivity index (χ0v) is 16.5. The van der Waals surface area contributed by atoms with Crippen LogP contribution >= 0.6 is 0 Å². The largest absolute Gasteiger partial charge is 0.311 e. The average molecular weight is 372 g/mol. The van der Waals surface area contributed by atoms with Crippen molar-refractivity contribution in [3.05, 3.63) is 65.2 Å². The summed E-state index contributed by atoms with van der Waals surface area (Å²) in [6.45, 7) is 7.80. The van der Waals surface area contributed by atoms with Gasteiger partial charge in [0.05, 0.1) is 18.0 Å². The van der Waals surface area contributed by atoms with Gasteiger partial charge in [-0.15, -0.1) is 4.31 Å². The van der Waals surface area contributed by atoms with E-state index in [4.69, 9.17) is 0 Å². The Morgan fingerprint density at radius 2 is 1.77 bits per heavy atom. The van der Waals surface area contributed by atoms with Crippen LogP contribution < -0.4 is 4.90 Å². The predicted molar refractivity (Wildman–Crippen MR) is 102 cm³/mol. The lowest BCUT2D eigenvalue weighted by atomic mass is 9.93. The molecule has 0 aliphatic carbocycles. The normalized spacial score (nSPS) is 25.9. The summed E-state index contributed by atoms with van der Waals surface area (Å²) in [4.78, 5) is 1.80. The number of nitrogens with zero attached hydrogens (tertiary/aromatic N) is 1. The SMILES string of the molecule is Cc1ccc(S(=O)(=O)N2C[C@@H]3c4ccccc4CC[NH+]3[C@@H]2C(C)C)cc1. The number of nitrogens with one attached hydrogen (secondary N) is 1. The number of hydrogen-bond acceptors (Lipinski definition) is 2. The Kier molecular flexibility index (Phi) is 4.41. The molecule has 1 N–H and O–H groups in total. The minimum absolute atomic E-state index is 0.0142. The molecule has 0 radical (unpaired) electrons. The van der Waals surface area contributed by atoms with Gasteiger partial charge in [-0.25, -0.2) is 8.42 Å². The summed E-state index contributed by atoms with van der Waals surface area (Å²) in [7, 11) is -3.50. The molecule has 26 heavy (non-hydrogen) atoms. The third-order valence-corrected chi connectivity index (χ3v) is 7.73. The van der Waals surface area contributed by atoms with Crippen molar-refractivity contribution in [1.82, 2.24) is 4.31 Å². The Morgan fingerprint density at radius 1 is 1.08 bits per heavy atom. The highest BCUT2D eigenvalue weighted by Crippen LogP contribution is 2.31. The molecular weight excluding hydrogens is 344 g/mol. The number of quaternary nitrogens is 1. The van der Waals surface area contributed by atoms with Gasteiger partial charge in [-0.2, -0.15) is 0 Å². The third-order valence-electron chi connectivity index (χ3n) is 5.87. The Morgan fingerprint density at radius 3 is 2.46 bits per heavy atom. The minimum atomic E-state index is -3.50. The summed E-state index contributed by atoms with van der Waals surface area (Å²) in [5.74, 6) is 0.264. The van der Waals surface area contributed by atoms with Crippen LogP contribution in [0.1, 0.15) is 36.6 Å². The molecule has 2 aliphatic heterocycles. The number of benzene rings is 2. The number of sulfonamides is 1. The summed E-state index contributed by atoms with van der Waals surface area (Å²) in [5.41, 5.74) is 3.77. The molecule has 1 saturated heterocycles. The van der Waals surface area contributed by atoms with Crippen molar-refractivity contribution in [1.29, 1.82) is 0 Å². The molecule has 0 amide bonds. The number of aryl methyl sites for hydroxylation is 1. The molecule has 2 aromatic rings. The van der Waals surface area contributed by atoms with Gasteiger partial charge in [0.15, 0.2) is 6.17 Å². The van der Waals surface area contributed by atoms with Gasteiger partial charge in [-0.3, -0.25) is 0 Å². The van der Waals surface area contributed by atoms with Gasteiger partial charge in [0.1, 0.15) is 6.04 Å². The van der Waals surface area contributed by atoms with Crippen LogP contribution in [0.2, 0.25) is 0 Å². The Labute approximate surface area is 156 Å². The van der Waals surface area contributed by atoms with Gasteiger partial charge in [-0.05, 0) is 24.6 Å². The molecule has 4 nitrogen and oxygen atoms in total. The molecule has 2 heterocycles. The van der Waals surface area contributed by atoms with Gasteiger partial charge in [-0.1, -0.05) is 55.8 Å². The molecule has 2 aromatic carbocycles. The molecule has 1 fully saturated rings. The predicted octanol–water partition coefficient (Wildman–Crippen LogP) is 2.16. The average Bonchev–Trinajstić information content (AvgIpc) is 3.03. The van der Waals surface area contributed by atoms with E-state index in [1.807, 2.05) is 19.1 Å². The lowest BCUT2D eigenvalue weighted by Crippen LogP contribution is -3.16. The molecular formula is C21H27N2O2S+. The van der Waals surface area contributed by atoms with E-state index >= 15 is 0 Å². The number of rotatable bonds is 3. The first-order valence-electron chi connectivity index (χ1n) is 9.41. The standard InChI is InChI=1S/C21H26N2O2S/c1-15(2)21-22-13-12-17-6-4-5-7-19(17)20(22)14-23(21)26(24,25)18-10-8-16(3)9-11-18/h4-11,15,20-21H,12-14H2,1-3H3/p+1/t20-,21+/m1/s1. The monoisotopic (exact) mass is 371 g/mol. The van der Waals surface area contributed by atoms with E-state index in [0.29, 0.717) is 11.4 Å². The fourth-order valence-corrected chi connectivity index (χ4v) is 6.43. The smallest absolute Gasteiger partial charge is 0.248 e. The second-order valence-corrected chi connectivity index (χ2v) is 9.79. The van der Waals surface area contributed by atoms with E-state index in [1.165, 1.54) is 16.0 Å². The minimum Gasteiger partial charge on any atom is -0.311 e. The lowest BCUT2D eigenvalue weighted by Gasteiger charge is -2.34. The zero-order chi connectivity index (χ0) is 18.5. The Hall–Kier alpha value is -1.69. The molecule has 5 heteroatoms. The van der Waals surface area contributed by atoms with Crippen molar-refractivity contribution in [2.24, 2.45) is 5.92 Å². The van der Waals surface area contributed by atoms with Crippen molar-refractivity contribution in [3.63, 3.8) is 0 Å². The highest BCUT2D eigenvalue weighted by atomic mass is 32.2. The van der Waals surface area contributed by atoms with Gasteiger partial charge >= 0.3 is 0 Å².